The molecule has 2 heterocycles. The molecule has 1 aliphatic heterocycles. The number of carbonyl (C=O) groups is 2. The summed E-state index contributed by atoms with van der Waals surface area (Å²) in [5.41, 5.74) is 0.321. The average Bonchev–Trinajstić information content (AvgIpc) is 2.71. The lowest BCUT2D eigenvalue weighted by atomic mass is 10.1. The molecule has 0 atom stereocenters. The van der Waals surface area contributed by atoms with Gasteiger partial charge < -0.3 is 19.9 Å². The van der Waals surface area contributed by atoms with E-state index < -0.39 is 0 Å². The highest BCUT2D eigenvalue weighted by molar-refractivity contribution is 5.92. The van der Waals surface area contributed by atoms with Gasteiger partial charge >= 0.3 is 0 Å². The smallest absolute Gasteiger partial charge is 0.274 e. The summed E-state index contributed by atoms with van der Waals surface area (Å²) < 4.78 is 5.39. The highest BCUT2D eigenvalue weighted by Gasteiger charge is 2.20. The van der Waals surface area contributed by atoms with E-state index in [1.807, 2.05) is 0 Å². The Morgan fingerprint density at radius 2 is 2.04 bits per heavy atom. The van der Waals surface area contributed by atoms with E-state index in [0.717, 1.165) is 45.7 Å². The molecule has 0 spiro atoms. The van der Waals surface area contributed by atoms with Crippen molar-refractivity contribution in [3.8, 4) is 0 Å². The van der Waals surface area contributed by atoms with Gasteiger partial charge in [-0.3, -0.25) is 14.6 Å². The molecule has 0 aromatic carbocycles. The molecule has 0 radical (unpaired) electrons. The molecule has 0 saturated carbocycles. The van der Waals surface area contributed by atoms with Gasteiger partial charge in [0.25, 0.3) is 5.91 Å². The van der Waals surface area contributed by atoms with Crippen molar-refractivity contribution in [2.75, 3.05) is 52.5 Å². The van der Waals surface area contributed by atoms with Crippen LogP contribution in [0.1, 0.15) is 43.6 Å². The number of carbonyl (C=O) groups excluding carboxylic acids is 2. The number of aromatic nitrogens is 2. The number of ether oxygens (including phenoxy) is 1. The zero-order valence-electron chi connectivity index (χ0n) is 17.2. The van der Waals surface area contributed by atoms with Gasteiger partial charge in [-0.25, -0.2) is 4.98 Å². The minimum Gasteiger partial charge on any atom is -0.370 e. The standard InChI is InChI=1S/C20H33N5O3/c1-17(2)4-6-23-19(26)5-11-25(20(27)18-16-21-7-8-22-18)10-3-9-24-12-14-28-15-13-24/h7-8,16-17H,3-6,9-15H2,1-2H3,(H,23,26)/p+1. The van der Waals surface area contributed by atoms with Crippen molar-refractivity contribution < 1.29 is 19.2 Å². The molecule has 0 unspecified atom stereocenters. The molecular weight excluding hydrogens is 358 g/mol. The second-order valence-electron chi connectivity index (χ2n) is 7.63. The van der Waals surface area contributed by atoms with E-state index in [1.165, 1.54) is 17.3 Å². The third-order valence-corrected chi connectivity index (χ3v) is 4.88. The molecule has 0 aliphatic carbocycles. The SMILES string of the molecule is CC(C)CCNC(=O)CCN(CCC[NH+]1CCOCC1)C(=O)c1cnccn1. The Morgan fingerprint density at radius 3 is 2.71 bits per heavy atom. The topological polar surface area (TPSA) is 88.9 Å². The van der Waals surface area contributed by atoms with Crippen LogP contribution in [0.3, 0.4) is 0 Å². The van der Waals surface area contributed by atoms with Gasteiger partial charge in [-0.1, -0.05) is 13.8 Å². The van der Waals surface area contributed by atoms with Crippen molar-refractivity contribution >= 4 is 11.8 Å². The first-order chi connectivity index (χ1) is 13.6. The summed E-state index contributed by atoms with van der Waals surface area (Å²) in [4.78, 5) is 36.3. The Kier molecular flexibility index (Phi) is 9.85. The van der Waals surface area contributed by atoms with E-state index in [-0.39, 0.29) is 11.8 Å². The van der Waals surface area contributed by atoms with E-state index in [1.54, 1.807) is 11.1 Å². The highest BCUT2D eigenvalue weighted by atomic mass is 16.5. The molecule has 2 amide bonds. The van der Waals surface area contributed by atoms with E-state index in [4.69, 9.17) is 4.74 Å². The van der Waals surface area contributed by atoms with Crippen LogP contribution in [-0.4, -0.2) is 79.2 Å². The number of nitrogens with one attached hydrogen (secondary N) is 2. The van der Waals surface area contributed by atoms with Crippen LogP contribution in [0.25, 0.3) is 0 Å². The van der Waals surface area contributed by atoms with Gasteiger partial charge in [-0.15, -0.1) is 0 Å². The maximum absolute atomic E-state index is 12.8. The van der Waals surface area contributed by atoms with Crippen molar-refractivity contribution in [1.82, 2.24) is 20.2 Å². The first-order valence-electron chi connectivity index (χ1n) is 10.3. The number of rotatable bonds is 11. The molecule has 1 saturated heterocycles. The summed E-state index contributed by atoms with van der Waals surface area (Å²) in [6, 6.07) is 0. The van der Waals surface area contributed by atoms with Crippen LogP contribution in [-0.2, 0) is 9.53 Å². The quantitative estimate of drug-likeness (QED) is 0.543. The minimum atomic E-state index is -0.167. The van der Waals surface area contributed by atoms with Gasteiger partial charge in [0.2, 0.25) is 5.91 Å². The van der Waals surface area contributed by atoms with E-state index >= 15 is 0 Å². The van der Waals surface area contributed by atoms with E-state index in [9.17, 15) is 9.59 Å². The second kappa shape index (κ2) is 12.4. The fourth-order valence-corrected chi connectivity index (χ4v) is 3.14. The molecule has 1 fully saturated rings. The number of hydrogen-bond acceptors (Lipinski definition) is 5. The Hall–Kier alpha value is -2.06. The van der Waals surface area contributed by atoms with Crippen molar-refractivity contribution in [3.05, 3.63) is 24.3 Å². The third-order valence-electron chi connectivity index (χ3n) is 4.88. The molecule has 156 valence electrons. The number of morpholine rings is 1. The zero-order chi connectivity index (χ0) is 20.2. The largest absolute Gasteiger partial charge is 0.370 e. The summed E-state index contributed by atoms with van der Waals surface area (Å²) >= 11 is 0. The van der Waals surface area contributed by atoms with Crippen LogP contribution in [0.4, 0.5) is 0 Å². The van der Waals surface area contributed by atoms with Gasteiger partial charge in [0.15, 0.2) is 0 Å². The maximum Gasteiger partial charge on any atom is 0.274 e. The molecule has 28 heavy (non-hydrogen) atoms. The number of amides is 2. The second-order valence-corrected chi connectivity index (χ2v) is 7.63. The number of quaternary nitrogens is 1. The van der Waals surface area contributed by atoms with Gasteiger partial charge in [-0.2, -0.15) is 0 Å². The fraction of sp³-hybridized carbons (Fsp3) is 0.700. The summed E-state index contributed by atoms with van der Waals surface area (Å²) in [5, 5.41) is 2.93. The molecule has 2 rings (SSSR count). The lowest BCUT2D eigenvalue weighted by Gasteiger charge is -2.26. The number of hydrogen-bond donors (Lipinski definition) is 2. The summed E-state index contributed by atoms with van der Waals surface area (Å²) in [6.45, 7) is 10.5. The fourth-order valence-electron chi connectivity index (χ4n) is 3.14. The van der Waals surface area contributed by atoms with Crippen LogP contribution in [0, 0.1) is 5.92 Å². The third kappa shape index (κ3) is 8.31. The molecule has 2 N–H and O–H groups in total. The van der Waals surface area contributed by atoms with Gasteiger partial charge in [0.05, 0.1) is 26.0 Å². The van der Waals surface area contributed by atoms with E-state index in [0.29, 0.717) is 37.7 Å². The van der Waals surface area contributed by atoms with Crippen molar-refractivity contribution in [2.24, 2.45) is 5.92 Å². The highest BCUT2D eigenvalue weighted by Crippen LogP contribution is 2.03. The molecule has 0 bridgehead atoms. The van der Waals surface area contributed by atoms with Crippen molar-refractivity contribution in [1.29, 1.82) is 0 Å². The molecule has 1 aromatic rings. The molecular formula is C20H34N5O3+. The predicted octanol–water partition coefficient (Wildman–Crippen LogP) is -0.224. The monoisotopic (exact) mass is 392 g/mol. The summed E-state index contributed by atoms with van der Waals surface area (Å²) in [7, 11) is 0. The molecule has 8 nitrogen and oxygen atoms in total. The minimum absolute atomic E-state index is 0.0172. The first-order valence-corrected chi connectivity index (χ1v) is 10.3. The van der Waals surface area contributed by atoms with E-state index in [2.05, 4.69) is 29.1 Å². The maximum atomic E-state index is 12.8. The van der Waals surface area contributed by atoms with Gasteiger partial charge in [-0.05, 0) is 12.3 Å². The van der Waals surface area contributed by atoms with Crippen LogP contribution >= 0.6 is 0 Å². The Morgan fingerprint density at radius 1 is 1.25 bits per heavy atom. The van der Waals surface area contributed by atoms with Crippen molar-refractivity contribution in [2.45, 2.75) is 33.1 Å². The molecule has 1 aliphatic rings. The predicted molar refractivity (Wildman–Crippen MR) is 106 cm³/mol. The van der Waals surface area contributed by atoms with Crippen LogP contribution in [0.5, 0.6) is 0 Å². The Balaban J connectivity index is 1.84. The van der Waals surface area contributed by atoms with Crippen molar-refractivity contribution in [3.63, 3.8) is 0 Å². The lowest BCUT2D eigenvalue weighted by molar-refractivity contribution is -0.908. The Labute approximate surface area is 167 Å². The lowest BCUT2D eigenvalue weighted by Crippen LogP contribution is -3.14. The van der Waals surface area contributed by atoms with Crippen LogP contribution in [0.15, 0.2) is 18.6 Å². The van der Waals surface area contributed by atoms with Crippen LogP contribution < -0.4 is 10.2 Å². The summed E-state index contributed by atoms with van der Waals surface area (Å²) in [6.07, 6.45) is 6.68. The Bertz CT molecular complexity index is 591. The van der Waals surface area contributed by atoms with Crippen LogP contribution in [0.2, 0.25) is 0 Å². The number of nitrogens with zero attached hydrogens (tertiary/aromatic N) is 3. The van der Waals surface area contributed by atoms with Gasteiger partial charge in [0.1, 0.15) is 18.8 Å². The molecule has 8 heteroatoms. The van der Waals surface area contributed by atoms with Gasteiger partial charge in [0, 0.05) is 44.9 Å². The zero-order valence-corrected chi connectivity index (χ0v) is 17.2. The first kappa shape index (κ1) is 22.2. The normalized spacial score (nSPS) is 14.8. The summed E-state index contributed by atoms with van der Waals surface area (Å²) in [5.74, 6) is 0.370. The molecule has 1 aromatic heterocycles. The average molecular weight is 393 g/mol.